The van der Waals surface area contributed by atoms with Crippen LogP contribution < -0.4 is 11.2 Å². The van der Waals surface area contributed by atoms with Crippen LogP contribution in [-0.2, 0) is 6.54 Å². The van der Waals surface area contributed by atoms with E-state index >= 15 is 0 Å². The molecule has 0 saturated heterocycles. The van der Waals surface area contributed by atoms with Crippen molar-refractivity contribution in [3.05, 3.63) is 43.9 Å². The molecule has 0 spiro atoms. The van der Waals surface area contributed by atoms with Crippen LogP contribution in [0.3, 0.4) is 0 Å². The quantitative estimate of drug-likeness (QED) is 0.759. The average molecular weight is 237 g/mol. The summed E-state index contributed by atoms with van der Waals surface area (Å²) in [5.74, 6) is 0.0548. The van der Waals surface area contributed by atoms with E-state index in [2.05, 4.69) is 10.1 Å². The van der Waals surface area contributed by atoms with E-state index < -0.39 is 11.2 Å². The molecule has 7 heteroatoms. The Morgan fingerprint density at radius 1 is 1.47 bits per heavy atom. The second-order valence-electron chi connectivity index (χ2n) is 3.73. The number of hydrogen-bond donors (Lipinski definition) is 2. The Morgan fingerprint density at radius 3 is 2.76 bits per heavy atom. The molecule has 7 nitrogen and oxygen atoms in total. The third kappa shape index (κ3) is 1.99. The lowest BCUT2D eigenvalue weighted by atomic mass is 10.3. The fourth-order valence-electron chi connectivity index (χ4n) is 1.45. The minimum absolute atomic E-state index is 0.0170. The van der Waals surface area contributed by atoms with Crippen molar-refractivity contribution in [3.8, 4) is 5.88 Å². The van der Waals surface area contributed by atoms with Gasteiger partial charge in [0.2, 0.25) is 5.88 Å². The Morgan fingerprint density at radius 2 is 2.18 bits per heavy atom. The summed E-state index contributed by atoms with van der Waals surface area (Å²) in [6.07, 6.45) is 0. The molecule has 0 amide bonds. The van der Waals surface area contributed by atoms with Gasteiger partial charge in [0.15, 0.2) is 5.76 Å². The zero-order chi connectivity index (χ0) is 12.6. The highest BCUT2D eigenvalue weighted by Crippen LogP contribution is 2.11. The Bertz CT molecular complexity index is 665. The van der Waals surface area contributed by atoms with Crippen LogP contribution in [0.4, 0.5) is 0 Å². The predicted octanol–water partition coefficient (Wildman–Crippen LogP) is -0.105. The number of nitrogens with zero attached hydrogens (tertiary/aromatic N) is 2. The molecule has 0 radical (unpaired) electrons. The Labute approximate surface area is 95.3 Å². The van der Waals surface area contributed by atoms with E-state index in [0.29, 0.717) is 11.5 Å². The van der Waals surface area contributed by atoms with Gasteiger partial charge in [-0.25, -0.2) is 4.79 Å². The van der Waals surface area contributed by atoms with Gasteiger partial charge in [0, 0.05) is 6.07 Å². The maximum absolute atomic E-state index is 11.5. The van der Waals surface area contributed by atoms with Crippen molar-refractivity contribution in [2.45, 2.75) is 20.4 Å². The summed E-state index contributed by atoms with van der Waals surface area (Å²) < 4.78 is 5.95. The SMILES string of the molecule is Cc1cc(Cn2c(O)c(C)c(=O)[nH]c2=O)on1. The van der Waals surface area contributed by atoms with Crippen molar-refractivity contribution in [2.75, 3.05) is 0 Å². The maximum Gasteiger partial charge on any atom is 0.331 e. The van der Waals surface area contributed by atoms with Gasteiger partial charge >= 0.3 is 5.69 Å². The van der Waals surface area contributed by atoms with Crippen LogP contribution in [0.1, 0.15) is 17.0 Å². The summed E-state index contributed by atoms with van der Waals surface area (Å²) in [7, 11) is 0. The summed E-state index contributed by atoms with van der Waals surface area (Å²) in [5.41, 5.74) is -0.529. The molecule has 0 saturated carbocycles. The van der Waals surface area contributed by atoms with Gasteiger partial charge in [0.1, 0.15) is 0 Å². The molecular weight excluding hydrogens is 226 g/mol. The van der Waals surface area contributed by atoms with Crippen LogP contribution in [0.5, 0.6) is 5.88 Å². The van der Waals surface area contributed by atoms with Gasteiger partial charge < -0.3 is 9.63 Å². The maximum atomic E-state index is 11.5. The lowest BCUT2D eigenvalue weighted by Crippen LogP contribution is -2.31. The summed E-state index contributed by atoms with van der Waals surface area (Å²) in [5, 5.41) is 13.4. The van der Waals surface area contributed by atoms with Gasteiger partial charge in [-0.15, -0.1) is 0 Å². The monoisotopic (exact) mass is 237 g/mol. The molecule has 0 aliphatic carbocycles. The molecule has 0 bridgehead atoms. The van der Waals surface area contributed by atoms with Gasteiger partial charge in [-0.2, -0.15) is 0 Å². The van der Waals surface area contributed by atoms with Crippen LogP contribution in [0.25, 0.3) is 0 Å². The zero-order valence-corrected chi connectivity index (χ0v) is 9.35. The van der Waals surface area contributed by atoms with E-state index in [1.807, 2.05) is 0 Å². The zero-order valence-electron chi connectivity index (χ0n) is 9.35. The Balaban J connectivity index is 2.50. The van der Waals surface area contributed by atoms with Gasteiger partial charge in [-0.3, -0.25) is 14.3 Å². The topological polar surface area (TPSA) is 101 Å². The van der Waals surface area contributed by atoms with E-state index in [1.165, 1.54) is 6.92 Å². The van der Waals surface area contributed by atoms with Crippen molar-refractivity contribution in [1.29, 1.82) is 0 Å². The number of H-pyrrole nitrogens is 1. The standard InChI is InChI=1S/C10H11N3O4/c1-5-3-7(17-12-5)4-13-9(15)6(2)8(14)11-10(13)16/h3,15H,4H2,1-2H3,(H,11,14,16). The molecule has 90 valence electrons. The first-order valence-corrected chi connectivity index (χ1v) is 4.94. The highest BCUT2D eigenvalue weighted by Gasteiger charge is 2.12. The molecule has 2 aromatic rings. The molecule has 2 rings (SSSR count). The van der Waals surface area contributed by atoms with Crippen LogP contribution in [0.2, 0.25) is 0 Å². The van der Waals surface area contributed by atoms with Crippen molar-refractivity contribution >= 4 is 0 Å². The van der Waals surface area contributed by atoms with E-state index in [-0.39, 0.29) is 18.0 Å². The first kappa shape index (κ1) is 11.2. The van der Waals surface area contributed by atoms with Gasteiger partial charge in [-0.05, 0) is 13.8 Å². The van der Waals surface area contributed by atoms with Gasteiger partial charge in [0.05, 0.1) is 17.8 Å². The minimum atomic E-state index is -0.688. The summed E-state index contributed by atoms with van der Waals surface area (Å²) in [6.45, 7) is 3.19. The normalized spacial score (nSPS) is 10.7. The summed E-state index contributed by atoms with van der Waals surface area (Å²) in [4.78, 5) is 24.8. The number of aryl methyl sites for hydroxylation is 1. The number of nitrogens with one attached hydrogen (secondary N) is 1. The number of rotatable bonds is 2. The van der Waals surface area contributed by atoms with Crippen LogP contribution in [0, 0.1) is 13.8 Å². The highest BCUT2D eigenvalue weighted by molar-refractivity contribution is 5.21. The van der Waals surface area contributed by atoms with Crippen LogP contribution >= 0.6 is 0 Å². The van der Waals surface area contributed by atoms with Crippen molar-refractivity contribution in [2.24, 2.45) is 0 Å². The van der Waals surface area contributed by atoms with Crippen molar-refractivity contribution in [3.63, 3.8) is 0 Å². The van der Waals surface area contributed by atoms with Crippen LogP contribution in [0.15, 0.2) is 20.2 Å². The molecule has 0 aliphatic heterocycles. The summed E-state index contributed by atoms with van der Waals surface area (Å²) >= 11 is 0. The molecule has 2 aromatic heterocycles. The Hall–Kier alpha value is -2.31. The number of hydrogen-bond acceptors (Lipinski definition) is 5. The molecule has 2 N–H and O–H groups in total. The highest BCUT2D eigenvalue weighted by atomic mass is 16.5. The van der Waals surface area contributed by atoms with Gasteiger partial charge in [-0.1, -0.05) is 5.16 Å². The molecule has 0 aromatic carbocycles. The smallest absolute Gasteiger partial charge is 0.331 e. The molecule has 0 unspecified atom stereocenters. The lowest BCUT2D eigenvalue weighted by Gasteiger charge is -2.06. The largest absolute Gasteiger partial charge is 0.494 e. The summed E-state index contributed by atoms with van der Waals surface area (Å²) in [6, 6.07) is 1.65. The second kappa shape index (κ2) is 3.93. The average Bonchev–Trinajstić information content (AvgIpc) is 2.67. The lowest BCUT2D eigenvalue weighted by molar-refractivity contribution is 0.350. The fourth-order valence-corrected chi connectivity index (χ4v) is 1.45. The van der Waals surface area contributed by atoms with Crippen molar-refractivity contribution < 1.29 is 9.63 Å². The van der Waals surface area contributed by atoms with Gasteiger partial charge in [0.25, 0.3) is 5.56 Å². The molecule has 17 heavy (non-hydrogen) atoms. The first-order valence-electron chi connectivity index (χ1n) is 4.94. The second-order valence-corrected chi connectivity index (χ2v) is 3.73. The molecule has 0 aliphatic rings. The Kier molecular flexibility index (Phi) is 2.58. The number of aromatic hydroxyl groups is 1. The molecular formula is C10H11N3O4. The van der Waals surface area contributed by atoms with E-state index in [1.54, 1.807) is 13.0 Å². The minimum Gasteiger partial charge on any atom is -0.494 e. The third-order valence-corrected chi connectivity index (χ3v) is 2.39. The van der Waals surface area contributed by atoms with E-state index in [0.717, 1.165) is 4.57 Å². The fraction of sp³-hybridized carbons (Fsp3) is 0.300. The van der Waals surface area contributed by atoms with Crippen molar-refractivity contribution in [1.82, 2.24) is 14.7 Å². The van der Waals surface area contributed by atoms with E-state index in [9.17, 15) is 14.7 Å². The van der Waals surface area contributed by atoms with Crippen LogP contribution in [-0.4, -0.2) is 19.8 Å². The predicted molar refractivity (Wildman–Crippen MR) is 58.1 cm³/mol. The molecule has 0 fully saturated rings. The number of aromatic nitrogens is 3. The first-order chi connectivity index (χ1) is 7.99. The molecule has 2 heterocycles. The molecule has 0 atom stereocenters. The number of aromatic amines is 1. The van der Waals surface area contributed by atoms with E-state index in [4.69, 9.17) is 4.52 Å². The third-order valence-electron chi connectivity index (χ3n) is 2.39.